The lowest BCUT2D eigenvalue weighted by atomic mass is 9.94. The summed E-state index contributed by atoms with van der Waals surface area (Å²) in [6.45, 7) is 1.01. The number of carbonyl (C=O) groups is 2. The second kappa shape index (κ2) is 9.73. The molecule has 0 radical (unpaired) electrons. The number of aliphatic carboxylic acids is 1. The summed E-state index contributed by atoms with van der Waals surface area (Å²) < 4.78 is 19.3. The summed E-state index contributed by atoms with van der Waals surface area (Å²) >= 11 is 5.70. The highest BCUT2D eigenvalue weighted by Crippen LogP contribution is 2.35. The van der Waals surface area contributed by atoms with E-state index in [0.29, 0.717) is 31.6 Å². The van der Waals surface area contributed by atoms with Crippen molar-refractivity contribution in [1.29, 1.82) is 0 Å². The molecular formula is C18H23ClFNO4. The van der Waals surface area contributed by atoms with Crippen molar-refractivity contribution in [3.8, 4) is 0 Å². The van der Waals surface area contributed by atoms with Crippen LogP contribution in [0.15, 0.2) is 18.2 Å². The Morgan fingerprint density at radius 1 is 1.28 bits per heavy atom. The van der Waals surface area contributed by atoms with Crippen LogP contribution in [0.25, 0.3) is 0 Å². The molecule has 2 rings (SSSR count). The average Bonchev–Trinajstić information content (AvgIpc) is 3.05. The van der Waals surface area contributed by atoms with E-state index in [4.69, 9.17) is 21.4 Å². The molecule has 1 aromatic carbocycles. The summed E-state index contributed by atoms with van der Waals surface area (Å²) in [6, 6.07) is 4.48. The first-order chi connectivity index (χ1) is 12.0. The molecule has 138 valence electrons. The van der Waals surface area contributed by atoms with Crippen LogP contribution < -0.4 is 5.32 Å². The number of ether oxygens (including phenoxy) is 1. The second-order valence-electron chi connectivity index (χ2n) is 6.21. The number of benzene rings is 1. The molecule has 0 bridgehead atoms. The monoisotopic (exact) mass is 371 g/mol. The molecule has 1 amide bonds. The third kappa shape index (κ3) is 5.97. The maximum atomic E-state index is 13.6. The highest BCUT2D eigenvalue weighted by Gasteiger charge is 2.35. The third-order valence-corrected chi connectivity index (χ3v) is 4.62. The van der Waals surface area contributed by atoms with Crippen molar-refractivity contribution in [2.24, 2.45) is 5.92 Å². The first-order valence-corrected chi connectivity index (χ1v) is 8.93. The minimum atomic E-state index is -0.779. The Hall–Kier alpha value is -1.66. The molecule has 1 aliphatic heterocycles. The predicted octanol–water partition coefficient (Wildman–Crippen LogP) is 3.71. The number of nitrogens with one attached hydrogen (secondary N) is 1. The van der Waals surface area contributed by atoms with E-state index in [0.717, 1.165) is 19.3 Å². The molecule has 0 spiro atoms. The Labute approximate surface area is 151 Å². The molecule has 0 aromatic heterocycles. The number of carbonyl (C=O) groups excluding carboxylic acids is 1. The van der Waals surface area contributed by atoms with Crippen LogP contribution in [0, 0.1) is 11.7 Å². The smallest absolute Gasteiger partial charge is 0.303 e. The first-order valence-electron chi connectivity index (χ1n) is 8.55. The van der Waals surface area contributed by atoms with Gasteiger partial charge in [0, 0.05) is 19.6 Å². The van der Waals surface area contributed by atoms with E-state index in [1.54, 1.807) is 6.07 Å². The first kappa shape index (κ1) is 19.7. The fraction of sp³-hybridized carbons (Fsp3) is 0.556. The van der Waals surface area contributed by atoms with Crippen LogP contribution in [0.4, 0.5) is 4.39 Å². The van der Waals surface area contributed by atoms with Gasteiger partial charge in [-0.3, -0.25) is 9.59 Å². The fourth-order valence-corrected chi connectivity index (χ4v) is 3.09. The molecular weight excluding hydrogens is 349 g/mol. The summed E-state index contributed by atoms with van der Waals surface area (Å²) in [5.74, 6) is -1.73. The zero-order valence-electron chi connectivity index (χ0n) is 14.0. The average molecular weight is 372 g/mol. The van der Waals surface area contributed by atoms with E-state index in [1.807, 2.05) is 0 Å². The van der Waals surface area contributed by atoms with Crippen LogP contribution in [-0.2, 0) is 14.3 Å². The molecule has 1 fully saturated rings. The van der Waals surface area contributed by atoms with Crippen molar-refractivity contribution >= 4 is 23.5 Å². The largest absolute Gasteiger partial charge is 0.481 e. The maximum Gasteiger partial charge on any atom is 0.303 e. The van der Waals surface area contributed by atoms with Gasteiger partial charge in [0.1, 0.15) is 5.82 Å². The van der Waals surface area contributed by atoms with Crippen LogP contribution in [0.2, 0.25) is 5.02 Å². The fourth-order valence-electron chi connectivity index (χ4n) is 2.97. The molecule has 0 aliphatic carbocycles. The van der Waals surface area contributed by atoms with Gasteiger partial charge >= 0.3 is 5.97 Å². The van der Waals surface area contributed by atoms with Gasteiger partial charge in [0.2, 0.25) is 5.91 Å². The van der Waals surface area contributed by atoms with E-state index < -0.39 is 17.9 Å². The predicted molar refractivity (Wildman–Crippen MR) is 91.9 cm³/mol. The molecule has 2 atom stereocenters. The summed E-state index contributed by atoms with van der Waals surface area (Å²) in [4.78, 5) is 22.8. The number of carboxylic acid groups (broad SMARTS) is 1. The zero-order valence-corrected chi connectivity index (χ0v) is 14.7. The van der Waals surface area contributed by atoms with Crippen LogP contribution in [0.5, 0.6) is 0 Å². The Morgan fingerprint density at radius 2 is 2.04 bits per heavy atom. The number of rotatable bonds is 9. The summed E-state index contributed by atoms with van der Waals surface area (Å²) in [6.07, 6.45) is 3.50. The molecule has 1 heterocycles. The quantitative estimate of drug-likeness (QED) is 0.649. The highest BCUT2D eigenvalue weighted by atomic mass is 35.5. The molecule has 1 saturated heterocycles. The van der Waals surface area contributed by atoms with Gasteiger partial charge in [0.05, 0.1) is 17.0 Å². The Balaban J connectivity index is 1.76. The lowest BCUT2D eigenvalue weighted by molar-refractivity contribution is -0.137. The third-order valence-electron chi connectivity index (χ3n) is 4.32. The molecule has 1 aromatic rings. The van der Waals surface area contributed by atoms with E-state index >= 15 is 0 Å². The van der Waals surface area contributed by atoms with Gasteiger partial charge in [-0.25, -0.2) is 4.39 Å². The van der Waals surface area contributed by atoms with Crippen LogP contribution >= 0.6 is 11.6 Å². The topological polar surface area (TPSA) is 75.6 Å². The second-order valence-corrected chi connectivity index (χ2v) is 6.62. The highest BCUT2D eigenvalue weighted by molar-refractivity contribution is 6.30. The summed E-state index contributed by atoms with van der Waals surface area (Å²) in [5, 5.41) is 11.5. The van der Waals surface area contributed by atoms with Gasteiger partial charge in [-0.2, -0.15) is 0 Å². The van der Waals surface area contributed by atoms with Crippen molar-refractivity contribution in [1.82, 2.24) is 5.32 Å². The Kier molecular flexibility index (Phi) is 7.65. The molecule has 2 N–H and O–H groups in total. The van der Waals surface area contributed by atoms with Crippen molar-refractivity contribution < 1.29 is 23.8 Å². The summed E-state index contributed by atoms with van der Waals surface area (Å²) in [7, 11) is 0. The van der Waals surface area contributed by atoms with Crippen LogP contribution in [0.1, 0.15) is 50.2 Å². The SMILES string of the molecule is O=C(O)CCCCCCNC(=O)[C@@H]1CCO[C@H]1c1ccc(Cl)c(F)c1. The minimum absolute atomic E-state index is 0.0469. The van der Waals surface area contributed by atoms with Gasteiger partial charge in [-0.1, -0.05) is 30.5 Å². The van der Waals surface area contributed by atoms with Crippen LogP contribution in [-0.4, -0.2) is 30.1 Å². The minimum Gasteiger partial charge on any atom is -0.481 e. The lowest BCUT2D eigenvalue weighted by Crippen LogP contribution is -2.33. The van der Waals surface area contributed by atoms with Gasteiger partial charge in [-0.05, 0) is 37.0 Å². The van der Waals surface area contributed by atoms with E-state index in [1.165, 1.54) is 12.1 Å². The number of hydrogen-bond donors (Lipinski definition) is 2. The molecule has 1 aliphatic rings. The molecule has 0 unspecified atom stereocenters. The van der Waals surface area contributed by atoms with E-state index in [-0.39, 0.29) is 23.3 Å². The van der Waals surface area contributed by atoms with E-state index in [2.05, 4.69) is 5.32 Å². The zero-order chi connectivity index (χ0) is 18.2. The molecule has 0 saturated carbocycles. The maximum absolute atomic E-state index is 13.6. The Morgan fingerprint density at radius 3 is 2.76 bits per heavy atom. The summed E-state index contributed by atoms with van der Waals surface area (Å²) in [5.41, 5.74) is 0.619. The van der Waals surface area contributed by atoms with Gasteiger partial charge in [0.15, 0.2) is 0 Å². The Bertz CT molecular complexity index is 611. The molecule has 7 heteroatoms. The molecule has 5 nitrogen and oxygen atoms in total. The van der Waals surface area contributed by atoms with Crippen molar-refractivity contribution in [3.63, 3.8) is 0 Å². The normalized spacial score (nSPS) is 19.8. The van der Waals surface area contributed by atoms with E-state index in [9.17, 15) is 14.0 Å². The molecule has 25 heavy (non-hydrogen) atoms. The number of carboxylic acids is 1. The number of unbranched alkanes of at least 4 members (excludes halogenated alkanes) is 3. The van der Waals surface area contributed by atoms with Crippen molar-refractivity contribution in [2.75, 3.05) is 13.2 Å². The van der Waals surface area contributed by atoms with Crippen molar-refractivity contribution in [3.05, 3.63) is 34.6 Å². The van der Waals surface area contributed by atoms with Gasteiger partial charge in [0.25, 0.3) is 0 Å². The lowest BCUT2D eigenvalue weighted by Gasteiger charge is -2.19. The van der Waals surface area contributed by atoms with Gasteiger partial charge in [-0.15, -0.1) is 0 Å². The standard InChI is InChI=1S/C18H23ClFNO4/c19-14-7-6-12(11-15(14)20)17-13(8-10-25-17)18(24)21-9-4-2-1-3-5-16(22)23/h6-7,11,13,17H,1-5,8-10H2,(H,21,24)(H,22,23)/t13-,17+/m1/s1. The van der Waals surface area contributed by atoms with Gasteiger partial charge < -0.3 is 15.2 Å². The number of halogens is 2. The number of amides is 1. The van der Waals surface area contributed by atoms with Crippen LogP contribution in [0.3, 0.4) is 0 Å². The van der Waals surface area contributed by atoms with Crippen molar-refractivity contribution in [2.45, 2.75) is 44.6 Å². The number of hydrogen-bond acceptors (Lipinski definition) is 3.